The van der Waals surface area contributed by atoms with Gasteiger partial charge in [-0.25, -0.2) is 15.0 Å². The summed E-state index contributed by atoms with van der Waals surface area (Å²) in [5.74, 6) is 1.96. The van der Waals surface area contributed by atoms with Gasteiger partial charge in [0.05, 0.1) is 11.0 Å². The lowest BCUT2D eigenvalue weighted by molar-refractivity contribution is 1.07. The molecule has 4 heteroatoms. The first-order valence-electron chi connectivity index (χ1n) is 21.2. The number of hydrogen-bond donors (Lipinski definition) is 0. The highest BCUT2D eigenvalue weighted by Gasteiger charge is 2.29. The first-order chi connectivity index (χ1) is 30.7. The molecule has 288 valence electrons. The van der Waals surface area contributed by atoms with Gasteiger partial charge in [0.25, 0.3) is 0 Å². The molecule has 0 N–H and O–H groups in total. The van der Waals surface area contributed by atoms with E-state index >= 15 is 0 Å². The average molecular weight is 789 g/mol. The van der Waals surface area contributed by atoms with Gasteiger partial charge in [0, 0.05) is 38.7 Å². The lowest BCUT2D eigenvalue weighted by Gasteiger charge is -2.14. The van der Waals surface area contributed by atoms with Gasteiger partial charge in [0.15, 0.2) is 17.5 Å². The maximum Gasteiger partial charge on any atom is 0.164 e. The van der Waals surface area contributed by atoms with Crippen LogP contribution in [0, 0.1) is 6.92 Å². The van der Waals surface area contributed by atoms with Gasteiger partial charge in [0.2, 0.25) is 0 Å². The van der Waals surface area contributed by atoms with Crippen LogP contribution in [-0.2, 0) is 0 Å². The van der Waals surface area contributed by atoms with Crippen LogP contribution in [0.1, 0.15) is 5.56 Å². The molecule has 2 aliphatic rings. The van der Waals surface area contributed by atoms with Gasteiger partial charge in [-0.1, -0.05) is 170 Å². The van der Waals surface area contributed by atoms with Crippen molar-refractivity contribution in [2.24, 2.45) is 0 Å². The second-order valence-corrected chi connectivity index (χ2v) is 16.4. The fourth-order valence-electron chi connectivity index (χ4n) is 10.1. The molecule has 62 heavy (non-hydrogen) atoms. The first kappa shape index (κ1) is 34.6. The molecule has 11 aromatic rings. The molecule has 0 radical (unpaired) electrons. The van der Waals surface area contributed by atoms with Gasteiger partial charge in [-0.3, -0.25) is 0 Å². The third-order valence-corrected chi connectivity index (χ3v) is 12.9. The summed E-state index contributed by atoms with van der Waals surface area (Å²) < 4.78 is 2.48. The Labute approximate surface area is 358 Å². The number of aryl methyl sites for hydroxylation is 1. The molecule has 0 atom stereocenters. The van der Waals surface area contributed by atoms with Crippen molar-refractivity contribution in [2.75, 3.05) is 0 Å². The predicted octanol–water partition coefficient (Wildman–Crippen LogP) is 15.1. The minimum atomic E-state index is 0.653. The van der Waals surface area contributed by atoms with Crippen LogP contribution in [0.3, 0.4) is 0 Å². The third kappa shape index (κ3) is 5.10. The van der Waals surface area contributed by atoms with Crippen LogP contribution in [0.5, 0.6) is 0 Å². The first-order valence-corrected chi connectivity index (χ1v) is 21.2. The Balaban J connectivity index is 1.04. The van der Waals surface area contributed by atoms with Crippen molar-refractivity contribution < 1.29 is 0 Å². The second-order valence-electron chi connectivity index (χ2n) is 16.4. The standard InChI is InChI=1S/C58H36N4/c1-35-27-28-41(34-47(35)58-60-56(38-17-7-3-8-18-38)59-57(61-58)39-19-9-4-10-20-39)40-22-13-23-42(33-40)62-48-31-29-37-21-14-26-46-50(36-15-5-2-6-16-36)52-44-25-12-11-24-43(44)45-30-32-49(62)55(53(45)52)54(48)51(37)46/h2-34H,1H3. The SMILES string of the molecule is Cc1ccc(-c2cccc(-n3c4ccc5c6c4c4c7c(cccc7c(-c7ccccc7)c-6c6ccccc65)ccc43)c2)cc1-c1nc(-c2ccccc2)nc(-c2ccccc2)n1. The molecule has 2 aliphatic carbocycles. The lowest BCUT2D eigenvalue weighted by atomic mass is 9.92. The van der Waals surface area contributed by atoms with Gasteiger partial charge in [-0.15, -0.1) is 0 Å². The Morgan fingerprint density at radius 2 is 0.903 bits per heavy atom. The third-order valence-electron chi connectivity index (χ3n) is 12.9. The van der Waals surface area contributed by atoms with Crippen molar-refractivity contribution >= 4 is 54.1 Å². The van der Waals surface area contributed by atoms with Crippen LogP contribution in [0.4, 0.5) is 0 Å². The molecule has 2 aromatic heterocycles. The number of aromatic nitrogens is 4. The highest BCUT2D eigenvalue weighted by atomic mass is 15.0. The molecule has 0 saturated heterocycles. The maximum atomic E-state index is 5.10. The zero-order valence-electron chi connectivity index (χ0n) is 33.8. The van der Waals surface area contributed by atoms with Gasteiger partial charge in [-0.05, 0) is 103 Å². The Morgan fingerprint density at radius 3 is 1.65 bits per heavy atom. The largest absolute Gasteiger partial charge is 0.309 e. The quantitative estimate of drug-likeness (QED) is 0.169. The van der Waals surface area contributed by atoms with Gasteiger partial charge >= 0.3 is 0 Å². The molecule has 2 heterocycles. The van der Waals surface area contributed by atoms with Gasteiger partial charge < -0.3 is 4.57 Å². The summed E-state index contributed by atoms with van der Waals surface area (Å²) >= 11 is 0. The Kier molecular flexibility index (Phi) is 7.49. The molecule has 0 unspecified atom stereocenters. The number of benzene rings is 9. The summed E-state index contributed by atoms with van der Waals surface area (Å²) in [5.41, 5.74) is 14.9. The van der Waals surface area contributed by atoms with Crippen molar-refractivity contribution in [1.29, 1.82) is 0 Å². The van der Waals surface area contributed by atoms with Crippen molar-refractivity contribution in [1.82, 2.24) is 19.5 Å². The molecule has 0 fully saturated rings. The summed E-state index contributed by atoms with van der Waals surface area (Å²) in [6.07, 6.45) is 0. The molecule has 9 aromatic carbocycles. The fraction of sp³-hybridized carbons (Fsp3) is 0.0172. The minimum absolute atomic E-state index is 0.653. The number of fused-ring (bicyclic) bond motifs is 3. The molecule has 0 bridgehead atoms. The summed E-state index contributed by atoms with van der Waals surface area (Å²) in [6, 6.07) is 72.0. The maximum absolute atomic E-state index is 5.10. The Morgan fingerprint density at radius 1 is 0.339 bits per heavy atom. The summed E-state index contributed by atoms with van der Waals surface area (Å²) in [6.45, 7) is 2.13. The van der Waals surface area contributed by atoms with Crippen LogP contribution in [0.15, 0.2) is 200 Å². The molecule has 4 nitrogen and oxygen atoms in total. The van der Waals surface area contributed by atoms with E-state index < -0.39 is 0 Å². The molecule has 0 saturated carbocycles. The van der Waals surface area contributed by atoms with Crippen LogP contribution < -0.4 is 0 Å². The van der Waals surface area contributed by atoms with Crippen molar-refractivity contribution in [2.45, 2.75) is 6.92 Å². The topological polar surface area (TPSA) is 43.6 Å². The van der Waals surface area contributed by atoms with E-state index in [4.69, 9.17) is 15.0 Å². The highest BCUT2D eigenvalue weighted by Crippen LogP contribution is 2.55. The van der Waals surface area contributed by atoms with Crippen molar-refractivity contribution in [3.8, 4) is 73.2 Å². The molecular formula is C58H36N4. The summed E-state index contributed by atoms with van der Waals surface area (Å²) in [4.78, 5) is 15.1. The highest BCUT2D eigenvalue weighted by molar-refractivity contribution is 6.39. The van der Waals surface area contributed by atoms with Gasteiger partial charge in [-0.2, -0.15) is 0 Å². The zero-order valence-corrected chi connectivity index (χ0v) is 33.8. The number of hydrogen-bond acceptors (Lipinski definition) is 3. The van der Waals surface area contributed by atoms with Crippen LogP contribution in [0.2, 0.25) is 0 Å². The van der Waals surface area contributed by atoms with E-state index in [1.54, 1.807) is 0 Å². The molecular weight excluding hydrogens is 753 g/mol. The van der Waals surface area contributed by atoms with Crippen molar-refractivity contribution in [3.05, 3.63) is 206 Å². The molecule has 0 aliphatic heterocycles. The van der Waals surface area contributed by atoms with E-state index in [1.807, 2.05) is 36.4 Å². The molecule has 0 spiro atoms. The van der Waals surface area contributed by atoms with Crippen LogP contribution >= 0.6 is 0 Å². The lowest BCUT2D eigenvalue weighted by Crippen LogP contribution is -2.01. The molecule has 0 amide bonds. The fourth-order valence-corrected chi connectivity index (χ4v) is 10.1. The monoisotopic (exact) mass is 788 g/mol. The normalized spacial score (nSPS) is 12.0. The van der Waals surface area contributed by atoms with E-state index in [1.165, 1.54) is 76.4 Å². The van der Waals surface area contributed by atoms with E-state index in [-0.39, 0.29) is 0 Å². The Hall–Kier alpha value is -8.21. The second kappa shape index (κ2) is 13.4. The molecule has 13 rings (SSSR count). The zero-order chi connectivity index (χ0) is 40.9. The average Bonchev–Trinajstić information content (AvgIpc) is 3.81. The predicted molar refractivity (Wildman–Crippen MR) is 258 cm³/mol. The van der Waals surface area contributed by atoms with Crippen molar-refractivity contribution in [3.63, 3.8) is 0 Å². The summed E-state index contributed by atoms with van der Waals surface area (Å²) in [7, 11) is 0. The smallest absolute Gasteiger partial charge is 0.164 e. The number of nitrogens with zero attached hydrogens (tertiary/aromatic N) is 4. The van der Waals surface area contributed by atoms with E-state index in [2.05, 4.69) is 175 Å². The summed E-state index contributed by atoms with van der Waals surface area (Å²) in [5, 5.41) is 10.3. The van der Waals surface area contributed by atoms with E-state index in [9.17, 15) is 0 Å². The van der Waals surface area contributed by atoms with Crippen LogP contribution in [0.25, 0.3) is 127 Å². The number of rotatable bonds is 6. The minimum Gasteiger partial charge on any atom is -0.309 e. The van der Waals surface area contributed by atoms with E-state index in [0.29, 0.717) is 17.5 Å². The van der Waals surface area contributed by atoms with Crippen LogP contribution in [-0.4, -0.2) is 19.5 Å². The Bertz CT molecular complexity index is 3740. The van der Waals surface area contributed by atoms with E-state index in [0.717, 1.165) is 39.1 Å². The van der Waals surface area contributed by atoms with Gasteiger partial charge in [0.1, 0.15) is 0 Å².